The van der Waals surface area contributed by atoms with Crippen molar-refractivity contribution in [3.63, 3.8) is 0 Å². The Labute approximate surface area is 853 Å². The molecule has 0 aliphatic carbocycles. The topological polar surface area (TPSA) is 350 Å². The second-order valence-corrected chi connectivity index (χ2v) is 37.2. The summed E-state index contributed by atoms with van der Waals surface area (Å²) >= 11 is 45.2. The Bertz CT molecular complexity index is 6990. The summed E-state index contributed by atoms with van der Waals surface area (Å²) in [4.78, 5) is 93.8. The third-order valence-corrected chi connectivity index (χ3v) is 24.4. The van der Waals surface area contributed by atoms with Gasteiger partial charge in [-0.3, -0.25) is 39.2 Å². The predicted octanol–water partition coefficient (Wildman–Crippen LogP) is 22.8. The molecule has 2 aliphatic heterocycles. The number of nitrogens with zero attached hydrogens (tertiary/aromatic N) is 14. The summed E-state index contributed by atoms with van der Waals surface area (Å²) in [6.07, 6.45) is 1.20. The number of hydrazone groups is 1. The SMILES string of the molecule is CCOC(=O)c1c(C(=O)c2ccc(C)cc2)nn(-c2ccc(Cl)cc2)c1CCl.Cc1ccc(C(=O)/C(Br)=N/Nc2ccc(Cl)cc2)cc1.Cc1ccc(C(=O)c2nn(-c3ccc(Cl)cc3)c(CCl)c2C#N)cc1.Cc1ccc(C(=O)c2nn(-c3ccc(Cl)cc3)c(CN3CCC(N)C3)c2C#N)cc1.Cc1ccc(C(=O)c2nn(-c3ccc(Cl)cc3)c(CN3CCC(NC(=O)OC(C)(C)C)C3)c2C#N)cc1. The van der Waals surface area contributed by atoms with Crippen LogP contribution in [0.2, 0.25) is 25.1 Å². The van der Waals surface area contributed by atoms with Gasteiger partial charge in [0.05, 0.1) is 69.6 Å². The number of ether oxygens (including phenoxy) is 2. The van der Waals surface area contributed by atoms with Gasteiger partial charge in [0.25, 0.3) is 0 Å². The lowest BCUT2D eigenvalue weighted by Crippen LogP contribution is -2.40. The molecule has 2 unspecified atom stereocenters. The Kier molecular flexibility index (Phi) is 36.8. The molecule has 16 rings (SSSR count). The number of ketones is 5. The monoisotopic (exact) mass is 2070 g/mol. The van der Waals surface area contributed by atoms with Gasteiger partial charge in [0.2, 0.25) is 28.9 Å². The second-order valence-electron chi connectivity index (χ2n) is 33.7. The lowest BCUT2D eigenvalue weighted by molar-refractivity contribution is 0.0500. The summed E-state index contributed by atoms with van der Waals surface area (Å²) in [5.41, 5.74) is 22.9. The molecule has 0 spiro atoms. The van der Waals surface area contributed by atoms with Crippen molar-refractivity contribution in [3.05, 3.63) is 391 Å². The Hall–Kier alpha value is -13.5. The highest BCUT2D eigenvalue weighted by atomic mass is 79.9. The minimum atomic E-state index is -0.631. The number of carbonyl (C=O) groups excluding carboxylic acids is 7. The number of carbonyl (C=O) groups is 7. The zero-order valence-electron chi connectivity index (χ0n) is 77.6. The van der Waals surface area contributed by atoms with Crippen LogP contribution >= 0.6 is 97.1 Å². The average Bonchev–Trinajstić information content (AvgIpc) is 1.61. The highest BCUT2D eigenvalue weighted by molar-refractivity contribution is 9.19. The zero-order chi connectivity index (χ0) is 101. The molecule has 2 aliphatic rings. The number of likely N-dealkylation sites (tertiary alicyclic amines) is 2. The van der Waals surface area contributed by atoms with E-state index >= 15 is 0 Å². The van der Waals surface area contributed by atoms with Crippen LogP contribution in [0.25, 0.3) is 22.7 Å². The molecule has 4 N–H and O–H groups in total. The maximum Gasteiger partial charge on any atom is 0.407 e. The molecule has 2 saturated heterocycles. The van der Waals surface area contributed by atoms with Gasteiger partial charge in [0.1, 0.15) is 51.8 Å². The molecular formula is C106H95BrCl7N17O9. The Morgan fingerprint density at radius 2 is 0.743 bits per heavy atom. The lowest BCUT2D eigenvalue weighted by Gasteiger charge is -2.22. The largest absolute Gasteiger partial charge is 0.462 e. The van der Waals surface area contributed by atoms with Crippen LogP contribution in [0, 0.1) is 68.6 Å². The van der Waals surface area contributed by atoms with E-state index in [9.17, 15) is 49.3 Å². The van der Waals surface area contributed by atoms with E-state index in [0.717, 1.165) is 65.1 Å². The molecule has 10 aromatic carbocycles. The number of halogens is 8. The van der Waals surface area contributed by atoms with Gasteiger partial charge in [-0.25, -0.2) is 28.3 Å². The molecule has 26 nitrogen and oxygen atoms in total. The number of alkyl carbamates (subject to hydrolysis) is 1. The van der Waals surface area contributed by atoms with E-state index in [2.05, 4.69) is 80.2 Å². The van der Waals surface area contributed by atoms with Crippen molar-refractivity contribution in [2.45, 2.75) is 118 Å². The number of nitriles is 3. The zero-order valence-corrected chi connectivity index (χ0v) is 84.4. The number of nitrogens with one attached hydrogen (secondary N) is 2. The Balaban J connectivity index is 0.000000159. The molecule has 6 heterocycles. The van der Waals surface area contributed by atoms with E-state index in [4.69, 9.17) is 96.4 Å². The minimum Gasteiger partial charge on any atom is -0.462 e. The number of benzene rings is 10. The van der Waals surface area contributed by atoms with Gasteiger partial charge in [-0.1, -0.05) is 207 Å². The maximum absolute atomic E-state index is 13.4. The lowest BCUT2D eigenvalue weighted by atomic mass is 10.0. The van der Waals surface area contributed by atoms with Crippen molar-refractivity contribution in [2.24, 2.45) is 10.8 Å². The molecule has 14 aromatic rings. The summed E-state index contributed by atoms with van der Waals surface area (Å²) in [5.74, 6) is -2.03. The number of alkyl halides is 2. The van der Waals surface area contributed by atoms with Gasteiger partial charge >= 0.3 is 12.1 Å². The van der Waals surface area contributed by atoms with E-state index in [0.29, 0.717) is 125 Å². The first-order valence-corrected chi connectivity index (χ1v) is 47.8. The number of aromatic nitrogens is 8. The maximum atomic E-state index is 13.4. The molecule has 4 aromatic heterocycles. The summed E-state index contributed by atoms with van der Waals surface area (Å²) in [5, 5.41) is 57.5. The molecule has 34 heteroatoms. The van der Waals surface area contributed by atoms with Crippen LogP contribution < -0.4 is 16.5 Å². The number of nitrogens with two attached hydrogens (primary N) is 1. The average molecular weight is 2080 g/mol. The van der Waals surface area contributed by atoms with Crippen LogP contribution in [0.1, 0.15) is 193 Å². The van der Waals surface area contributed by atoms with Crippen LogP contribution in [0.3, 0.4) is 0 Å². The van der Waals surface area contributed by atoms with Crippen LogP contribution in [0.5, 0.6) is 0 Å². The van der Waals surface area contributed by atoms with Gasteiger partial charge in [0, 0.05) is 104 Å². The molecule has 140 heavy (non-hydrogen) atoms. The molecule has 0 saturated carbocycles. The predicted molar refractivity (Wildman–Crippen MR) is 550 cm³/mol. The minimum absolute atomic E-state index is 0.00732. The Morgan fingerprint density at radius 3 is 1.07 bits per heavy atom. The summed E-state index contributed by atoms with van der Waals surface area (Å²) in [6.45, 7) is 20.8. The van der Waals surface area contributed by atoms with E-state index in [1.165, 1.54) is 9.36 Å². The Morgan fingerprint density at radius 1 is 0.436 bits per heavy atom. The fourth-order valence-electron chi connectivity index (χ4n) is 14.8. The van der Waals surface area contributed by atoms with Crippen molar-refractivity contribution >= 4 is 148 Å². The smallest absolute Gasteiger partial charge is 0.407 e. The molecule has 714 valence electrons. The van der Waals surface area contributed by atoms with Crippen molar-refractivity contribution in [1.82, 2.24) is 54.2 Å². The first-order chi connectivity index (χ1) is 67.1. The molecule has 0 radical (unpaired) electrons. The first-order valence-electron chi connectivity index (χ1n) is 44.1. The number of hydrogen-bond acceptors (Lipinski definition) is 21. The molecular weight excluding hydrogens is 1980 g/mol. The van der Waals surface area contributed by atoms with Crippen molar-refractivity contribution < 1.29 is 43.0 Å². The number of rotatable bonds is 25. The number of anilines is 1. The number of Topliss-reactive ketones (excluding diaryl/α,β-unsaturated/α-hetero) is 1. The fraction of sp³-hybridized carbons (Fsp3) is 0.217. The number of hydrogen-bond donors (Lipinski definition) is 3. The van der Waals surface area contributed by atoms with Crippen molar-refractivity contribution in [2.75, 3.05) is 38.2 Å². The highest BCUT2D eigenvalue weighted by Gasteiger charge is 2.35. The quantitative estimate of drug-likeness (QED) is 0.0157. The normalized spacial score (nSPS) is 13.3. The first kappa shape index (κ1) is 105. The summed E-state index contributed by atoms with van der Waals surface area (Å²) < 4.78 is 17.1. The third-order valence-electron chi connectivity index (χ3n) is 22.1. The fourth-order valence-corrected chi connectivity index (χ4v) is 16.3. The third kappa shape index (κ3) is 27.3. The van der Waals surface area contributed by atoms with Gasteiger partial charge in [-0.15, -0.1) is 23.2 Å². The molecule has 0 bridgehead atoms. The highest BCUT2D eigenvalue weighted by Crippen LogP contribution is 2.33. The van der Waals surface area contributed by atoms with Gasteiger partial charge in [-0.05, 0) is 212 Å². The van der Waals surface area contributed by atoms with Crippen LogP contribution in [0.15, 0.2) is 248 Å². The molecule has 2 fully saturated rings. The van der Waals surface area contributed by atoms with Crippen LogP contribution in [-0.2, 0) is 34.3 Å². The molecule has 2 atom stereocenters. The van der Waals surface area contributed by atoms with Gasteiger partial charge in [-0.2, -0.15) is 41.3 Å². The number of amides is 1. The number of esters is 1. The second kappa shape index (κ2) is 48.8. The summed E-state index contributed by atoms with van der Waals surface area (Å²) in [7, 11) is 0. The van der Waals surface area contributed by atoms with E-state index in [1.54, 1.807) is 186 Å². The number of aryl methyl sites for hydroxylation is 5. The van der Waals surface area contributed by atoms with Gasteiger partial charge < -0.3 is 20.5 Å². The van der Waals surface area contributed by atoms with E-state index in [1.807, 2.05) is 128 Å². The summed E-state index contributed by atoms with van der Waals surface area (Å²) in [6, 6.07) is 77.7. The van der Waals surface area contributed by atoms with Crippen molar-refractivity contribution in [1.29, 1.82) is 15.8 Å². The van der Waals surface area contributed by atoms with Crippen LogP contribution in [0.4, 0.5) is 10.5 Å². The van der Waals surface area contributed by atoms with Crippen LogP contribution in [-0.4, -0.2) is 145 Å². The van der Waals surface area contributed by atoms with E-state index < -0.39 is 17.7 Å². The van der Waals surface area contributed by atoms with Crippen molar-refractivity contribution in [3.8, 4) is 41.0 Å². The van der Waals surface area contributed by atoms with E-state index in [-0.39, 0.29) is 103 Å². The standard InChI is InChI=1S/C28H30ClN5O3.C23H22ClN5O.C21H18Cl2N2O3.C19H13Cl2N3O.C15H12BrClN2O/c1-18-5-7-19(8-6-18)26(35)25-23(15-30)24(34(32-25)22-11-9-20(29)10-12-22)17-33-14-13-21(16-33)31-27(36)37-28(2,3)4;1-15-2-4-16(5-3-15)23(30)22-20(12-25)21(14-28-11-10-18(26)13-28)29(27-22)19-8-6-17(24)7-9-19;1-3-28-21(27)18-17(12-22)25(16-10-8-15(23)9-11-16)24-19(18)20(26)14-6-4-13(2)5-7-14;1-12-2-4-13(5-3-12)19(25)18-16(11-22)17(10-20)24(23-18)15-8-6-14(21)7-9-15;1-10-2-4-11(5-3-10)14(20)15(16)19-18-13-8-6-12(17)7-9-13/h5-12,21H,13-14,16-17H2,1-4H3,(H,31,36);2-9,18H,10-11,13-14,26H2,1H3;4-11H,3,12H2,1-2H3;2-9H,10H2,1H3;2-9,18H,1H3/b;;;;19-15-. The molecule has 1 amide bonds. The van der Waals surface area contributed by atoms with Gasteiger partial charge in [0.15, 0.2) is 21.7 Å².